The predicted molar refractivity (Wildman–Crippen MR) is 99.6 cm³/mol. The van der Waals surface area contributed by atoms with Crippen molar-refractivity contribution in [1.82, 2.24) is 5.32 Å². The van der Waals surface area contributed by atoms with Gasteiger partial charge in [-0.15, -0.1) is 11.3 Å². The van der Waals surface area contributed by atoms with Gasteiger partial charge in [0.1, 0.15) is 17.2 Å². The first-order chi connectivity index (χ1) is 12.9. The largest absolute Gasteiger partial charge is 0.378 e. The van der Waals surface area contributed by atoms with Gasteiger partial charge in [-0.05, 0) is 40.4 Å². The van der Waals surface area contributed by atoms with Gasteiger partial charge in [0.05, 0.1) is 12.2 Å². The average molecular weight is 408 g/mol. The van der Waals surface area contributed by atoms with E-state index in [1.54, 1.807) is 34.3 Å². The number of amides is 2. The maximum atomic E-state index is 13.6. The first kappa shape index (κ1) is 19.2. The van der Waals surface area contributed by atoms with Gasteiger partial charge in [0.15, 0.2) is 0 Å². The third-order valence-corrected chi connectivity index (χ3v) is 5.52. The quantitative estimate of drug-likeness (QED) is 0.568. The molecule has 0 radical (unpaired) electrons. The molecule has 2 amide bonds. The minimum atomic E-state index is -1.49. The number of carbonyl (C=O) groups excluding carboxylic acids is 2. The summed E-state index contributed by atoms with van der Waals surface area (Å²) in [6.07, 6.45) is 0. The maximum absolute atomic E-state index is 13.6. The number of aliphatic hydroxyl groups is 1. The van der Waals surface area contributed by atoms with Crippen molar-refractivity contribution in [2.45, 2.75) is 5.60 Å². The third kappa shape index (κ3) is 4.21. The Hall–Kier alpha value is -2.62. The Labute approximate surface area is 161 Å². The van der Waals surface area contributed by atoms with Gasteiger partial charge in [0.25, 0.3) is 0 Å². The highest BCUT2D eigenvalue weighted by Gasteiger charge is 2.34. The van der Waals surface area contributed by atoms with E-state index in [1.807, 2.05) is 0 Å². The van der Waals surface area contributed by atoms with Crippen LogP contribution >= 0.6 is 22.7 Å². The number of carbonyl (C=O) groups is 2. The van der Waals surface area contributed by atoms with Gasteiger partial charge < -0.3 is 15.7 Å². The highest BCUT2D eigenvalue weighted by molar-refractivity contribution is 7.10. The van der Waals surface area contributed by atoms with Gasteiger partial charge in [-0.25, -0.2) is 8.78 Å². The Balaban J connectivity index is 1.70. The van der Waals surface area contributed by atoms with E-state index in [2.05, 4.69) is 10.6 Å². The van der Waals surface area contributed by atoms with Crippen LogP contribution in [0.15, 0.2) is 52.5 Å². The zero-order chi connectivity index (χ0) is 19.4. The van der Waals surface area contributed by atoms with Crippen molar-refractivity contribution in [2.24, 2.45) is 0 Å². The molecule has 0 aliphatic carbocycles. The molecular weight excluding hydrogens is 394 g/mol. The molecule has 3 rings (SSSR count). The minimum Gasteiger partial charge on any atom is -0.378 e. The number of anilines is 1. The van der Waals surface area contributed by atoms with Crippen LogP contribution in [0.1, 0.15) is 10.4 Å². The fourth-order valence-corrected chi connectivity index (χ4v) is 3.97. The van der Waals surface area contributed by atoms with Crippen molar-refractivity contribution in [2.75, 3.05) is 11.9 Å². The van der Waals surface area contributed by atoms with E-state index in [0.29, 0.717) is 16.5 Å². The summed E-state index contributed by atoms with van der Waals surface area (Å²) >= 11 is 2.70. The second kappa shape index (κ2) is 7.95. The molecule has 5 nitrogen and oxygen atoms in total. The second-order valence-electron chi connectivity index (χ2n) is 5.61. The topological polar surface area (TPSA) is 78.4 Å². The van der Waals surface area contributed by atoms with Crippen LogP contribution in [0.2, 0.25) is 0 Å². The summed E-state index contributed by atoms with van der Waals surface area (Å²) in [5, 5.41) is 20.9. The van der Waals surface area contributed by atoms with Gasteiger partial charge in [0, 0.05) is 16.5 Å². The van der Waals surface area contributed by atoms with Crippen molar-refractivity contribution >= 4 is 40.2 Å². The molecule has 2 aromatic heterocycles. The number of thiophene rings is 2. The predicted octanol–water partition coefficient (Wildman–Crippen LogP) is 3.08. The van der Waals surface area contributed by atoms with Gasteiger partial charge in [-0.3, -0.25) is 9.59 Å². The summed E-state index contributed by atoms with van der Waals surface area (Å²) in [5.41, 5.74) is -1.23. The molecule has 1 atom stereocenters. The summed E-state index contributed by atoms with van der Waals surface area (Å²) in [4.78, 5) is 24.7. The van der Waals surface area contributed by atoms with Crippen molar-refractivity contribution in [1.29, 1.82) is 0 Å². The molecule has 0 aliphatic rings. The standard InChI is InChI=1S/C18H14F2N2O3S2/c19-12-3-4-14(13(20)8-12)22-17(24)16(23)21-10-18(25,11-5-7-26-9-11)15-2-1-6-27-15/h1-9,25H,10H2,(H,21,23)(H,22,24). The van der Waals surface area contributed by atoms with E-state index in [9.17, 15) is 23.5 Å². The minimum absolute atomic E-state index is 0.248. The molecule has 9 heteroatoms. The van der Waals surface area contributed by atoms with Crippen LogP contribution in [0.5, 0.6) is 0 Å². The molecule has 3 aromatic rings. The number of hydrogen-bond acceptors (Lipinski definition) is 5. The molecule has 0 saturated heterocycles. The molecule has 2 heterocycles. The third-order valence-electron chi connectivity index (χ3n) is 3.82. The SMILES string of the molecule is O=C(NCC(O)(c1ccsc1)c1cccs1)C(=O)Nc1ccc(F)cc1F. The lowest BCUT2D eigenvalue weighted by Gasteiger charge is -2.26. The average Bonchev–Trinajstić information content (AvgIpc) is 3.35. The lowest BCUT2D eigenvalue weighted by atomic mass is 9.94. The van der Waals surface area contributed by atoms with E-state index in [4.69, 9.17) is 0 Å². The number of hydrogen-bond donors (Lipinski definition) is 3. The first-order valence-corrected chi connectivity index (χ1v) is 9.55. The van der Waals surface area contributed by atoms with Crippen LogP contribution in [-0.4, -0.2) is 23.5 Å². The highest BCUT2D eigenvalue weighted by atomic mass is 32.1. The summed E-state index contributed by atoms with van der Waals surface area (Å²) in [6, 6.07) is 7.79. The van der Waals surface area contributed by atoms with Crippen LogP contribution in [0.4, 0.5) is 14.5 Å². The van der Waals surface area contributed by atoms with E-state index >= 15 is 0 Å². The van der Waals surface area contributed by atoms with E-state index in [0.717, 1.165) is 12.1 Å². The van der Waals surface area contributed by atoms with Crippen molar-refractivity contribution < 1.29 is 23.5 Å². The number of rotatable bonds is 5. The molecule has 1 unspecified atom stereocenters. The van der Waals surface area contributed by atoms with E-state index in [-0.39, 0.29) is 12.2 Å². The Bertz CT molecular complexity index is 909. The Morgan fingerprint density at radius 1 is 1.11 bits per heavy atom. The monoisotopic (exact) mass is 408 g/mol. The number of nitrogens with one attached hydrogen (secondary N) is 2. The molecule has 3 N–H and O–H groups in total. The summed E-state index contributed by atoms with van der Waals surface area (Å²) in [7, 11) is 0. The normalized spacial score (nSPS) is 13.0. The van der Waals surface area contributed by atoms with Gasteiger partial charge >= 0.3 is 11.8 Å². The van der Waals surface area contributed by atoms with Crippen LogP contribution in [0, 0.1) is 11.6 Å². The zero-order valence-electron chi connectivity index (χ0n) is 13.7. The van der Waals surface area contributed by atoms with Crippen molar-refractivity contribution in [3.63, 3.8) is 0 Å². The lowest BCUT2D eigenvalue weighted by molar-refractivity contribution is -0.136. The first-order valence-electron chi connectivity index (χ1n) is 7.73. The zero-order valence-corrected chi connectivity index (χ0v) is 15.4. The molecular formula is C18H14F2N2O3S2. The van der Waals surface area contributed by atoms with Crippen LogP contribution < -0.4 is 10.6 Å². The fourth-order valence-electron chi connectivity index (χ4n) is 2.40. The molecule has 1 aromatic carbocycles. The molecule has 0 saturated carbocycles. The summed E-state index contributed by atoms with van der Waals surface area (Å²) in [6.45, 7) is -0.248. The van der Waals surface area contributed by atoms with Gasteiger partial charge in [0.2, 0.25) is 0 Å². The smallest absolute Gasteiger partial charge is 0.313 e. The van der Waals surface area contributed by atoms with Crippen LogP contribution in [-0.2, 0) is 15.2 Å². The molecule has 0 aliphatic heterocycles. The van der Waals surface area contributed by atoms with E-state index < -0.39 is 29.0 Å². The molecule has 140 valence electrons. The van der Waals surface area contributed by atoms with Gasteiger partial charge in [-0.2, -0.15) is 11.3 Å². The Kier molecular flexibility index (Phi) is 5.64. The molecule has 0 bridgehead atoms. The Morgan fingerprint density at radius 3 is 2.56 bits per heavy atom. The molecule has 27 heavy (non-hydrogen) atoms. The van der Waals surface area contributed by atoms with E-state index in [1.165, 1.54) is 22.7 Å². The Morgan fingerprint density at radius 2 is 1.93 bits per heavy atom. The maximum Gasteiger partial charge on any atom is 0.313 e. The second-order valence-corrected chi connectivity index (χ2v) is 7.34. The molecule has 0 fully saturated rings. The number of halogens is 2. The van der Waals surface area contributed by atoms with Gasteiger partial charge in [-0.1, -0.05) is 6.07 Å². The highest BCUT2D eigenvalue weighted by Crippen LogP contribution is 2.33. The van der Waals surface area contributed by atoms with Crippen molar-refractivity contribution in [3.8, 4) is 0 Å². The molecule has 0 spiro atoms. The summed E-state index contributed by atoms with van der Waals surface area (Å²) in [5.74, 6) is -3.97. The number of benzene rings is 1. The van der Waals surface area contributed by atoms with Crippen molar-refractivity contribution in [3.05, 3.63) is 74.6 Å². The van der Waals surface area contributed by atoms with Crippen LogP contribution in [0.3, 0.4) is 0 Å². The van der Waals surface area contributed by atoms with Crippen LogP contribution in [0.25, 0.3) is 0 Å². The fraction of sp³-hybridized carbons (Fsp3) is 0.111. The lowest BCUT2D eigenvalue weighted by Crippen LogP contribution is -2.44. The summed E-state index contributed by atoms with van der Waals surface area (Å²) < 4.78 is 26.5.